The van der Waals surface area contributed by atoms with E-state index in [1.165, 1.54) is 43.4 Å². The van der Waals surface area contributed by atoms with Gasteiger partial charge < -0.3 is 10.3 Å². The van der Waals surface area contributed by atoms with Crippen molar-refractivity contribution in [1.29, 1.82) is 0 Å². The molecule has 3 rings (SSSR count). The van der Waals surface area contributed by atoms with Crippen LogP contribution in [0.4, 0.5) is 0 Å². The lowest BCUT2D eigenvalue weighted by Gasteiger charge is -2.29. The van der Waals surface area contributed by atoms with E-state index in [0.717, 1.165) is 29.5 Å². The second-order valence-corrected chi connectivity index (χ2v) is 6.46. The Bertz CT molecular complexity index is 587. The summed E-state index contributed by atoms with van der Waals surface area (Å²) in [6.07, 6.45) is 4.74. The number of piperidine rings is 1. The van der Waals surface area contributed by atoms with Gasteiger partial charge in [-0.15, -0.1) is 0 Å². The molecule has 0 spiro atoms. The molecule has 0 aliphatic carbocycles. The number of nitrogens with one attached hydrogen (secondary N) is 2. The van der Waals surface area contributed by atoms with Crippen molar-refractivity contribution in [1.82, 2.24) is 15.2 Å². The van der Waals surface area contributed by atoms with Gasteiger partial charge in [-0.05, 0) is 56.1 Å². The third-order valence-corrected chi connectivity index (χ3v) is 4.78. The van der Waals surface area contributed by atoms with E-state index < -0.39 is 0 Å². The first-order chi connectivity index (χ1) is 10.3. The van der Waals surface area contributed by atoms with E-state index >= 15 is 0 Å². The van der Waals surface area contributed by atoms with Crippen molar-refractivity contribution in [3.05, 3.63) is 35.0 Å². The molecule has 0 saturated carbocycles. The maximum Gasteiger partial charge on any atom is 0.0472 e. The fraction of sp³-hybridized carbons (Fsp3) is 0.529. The van der Waals surface area contributed by atoms with Gasteiger partial charge in [0, 0.05) is 35.2 Å². The normalized spacial score (nSPS) is 16.9. The SMILES string of the molecule is CCN(Cc1c[nH]c2cc(Cl)ccc12)CC1CCNCC1. The van der Waals surface area contributed by atoms with Crippen molar-refractivity contribution in [2.75, 3.05) is 26.2 Å². The highest BCUT2D eigenvalue weighted by Gasteiger charge is 2.17. The van der Waals surface area contributed by atoms with E-state index in [1.807, 2.05) is 12.1 Å². The van der Waals surface area contributed by atoms with E-state index in [2.05, 4.69) is 34.4 Å². The number of benzene rings is 1. The molecule has 21 heavy (non-hydrogen) atoms. The van der Waals surface area contributed by atoms with Gasteiger partial charge >= 0.3 is 0 Å². The molecule has 1 aromatic heterocycles. The fourth-order valence-electron chi connectivity index (χ4n) is 3.27. The van der Waals surface area contributed by atoms with Crippen LogP contribution in [0.25, 0.3) is 10.9 Å². The van der Waals surface area contributed by atoms with Crippen LogP contribution in [0.15, 0.2) is 24.4 Å². The minimum absolute atomic E-state index is 0.790. The zero-order valence-electron chi connectivity index (χ0n) is 12.7. The van der Waals surface area contributed by atoms with Crippen LogP contribution in [-0.4, -0.2) is 36.1 Å². The third-order valence-electron chi connectivity index (χ3n) is 4.55. The van der Waals surface area contributed by atoms with E-state index in [9.17, 15) is 0 Å². The van der Waals surface area contributed by atoms with Crippen LogP contribution in [0.2, 0.25) is 5.02 Å². The van der Waals surface area contributed by atoms with E-state index in [0.29, 0.717) is 0 Å². The summed E-state index contributed by atoms with van der Waals surface area (Å²) in [6, 6.07) is 6.11. The molecule has 0 amide bonds. The summed E-state index contributed by atoms with van der Waals surface area (Å²) >= 11 is 6.05. The minimum atomic E-state index is 0.790. The molecule has 0 bridgehead atoms. The molecular formula is C17H24ClN3. The summed E-state index contributed by atoms with van der Waals surface area (Å²) < 4.78 is 0. The number of nitrogens with zero attached hydrogens (tertiary/aromatic N) is 1. The number of halogens is 1. The summed E-state index contributed by atoms with van der Waals surface area (Å²) in [5.41, 5.74) is 2.51. The molecule has 3 nitrogen and oxygen atoms in total. The summed E-state index contributed by atoms with van der Waals surface area (Å²) in [5.74, 6) is 0.839. The molecule has 0 radical (unpaired) electrons. The number of aromatic amines is 1. The van der Waals surface area contributed by atoms with Crippen LogP contribution in [0.5, 0.6) is 0 Å². The van der Waals surface area contributed by atoms with Crippen molar-refractivity contribution in [3.63, 3.8) is 0 Å². The number of fused-ring (bicyclic) bond motifs is 1. The number of hydrogen-bond acceptors (Lipinski definition) is 2. The van der Waals surface area contributed by atoms with Gasteiger partial charge in [0.05, 0.1) is 0 Å². The van der Waals surface area contributed by atoms with Crippen molar-refractivity contribution in [3.8, 4) is 0 Å². The topological polar surface area (TPSA) is 31.1 Å². The number of rotatable bonds is 5. The Kier molecular flexibility index (Phi) is 4.84. The number of H-pyrrole nitrogens is 1. The average molecular weight is 306 g/mol. The third kappa shape index (κ3) is 3.60. The molecular weight excluding hydrogens is 282 g/mol. The van der Waals surface area contributed by atoms with Gasteiger partial charge in [-0.25, -0.2) is 0 Å². The molecule has 0 unspecified atom stereocenters. The van der Waals surface area contributed by atoms with Crippen molar-refractivity contribution < 1.29 is 0 Å². The van der Waals surface area contributed by atoms with Gasteiger partial charge in [-0.1, -0.05) is 24.6 Å². The van der Waals surface area contributed by atoms with Gasteiger partial charge in [0.15, 0.2) is 0 Å². The summed E-state index contributed by atoms with van der Waals surface area (Å²) in [4.78, 5) is 5.90. The Hall–Kier alpha value is -1.03. The van der Waals surface area contributed by atoms with Crippen molar-refractivity contribution in [2.45, 2.75) is 26.3 Å². The van der Waals surface area contributed by atoms with Gasteiger partial charge in [0.2, 0.25) is 0 Å². The first kappa shape index (κ1) is 14.9. The molecule has 1 fully saturated rings. The standard InChI is InChI=1S/C17H24ClN3/c1-2-21(11-13-5-7-19-8-6-13)12-14-10-20-17-9-15(18)3-4-16(14)17/h3-4,9-10,13,19-20H,2,5-8,11-12H2,1H3. The van der Waals surface area contributed by atoms with Crippen LogP contribution in [-0.2, 0) is 6.54 Å². The van der Waals surface area contributed by atoms with E-state index in [-0.39, 0.29) is 0 Å². The predicted molar refractivity (Wildman–Crippen MR) is 89.9 cm³/mol. The van der Waals surface area contributed by atoms with Crippen molar-refractivity contribution >= 4 is 22.5 Å². The molecule has 114 valence electrons. The molecule has 1 saturated heterocycles. The summed E-state index contributed by atoms with van der Waals surface area (Å²) in [7, 11) is 0. The Morgan fingerprint density at radius 2 is 2.10 bits per heavy atom. The molecule has 0 atom stereocenters. The fourth-order valence-corrected chi connectivity index (χ4v) is 3.44. The zero-order chi connectivity index (χ0) is 14.7. The molecule has 1 aliphatic heterocycles. The Morgan fingerprint density at radius 3 is 2.86 bits per heavy atom. The highest BCUT2D eigenvalue weighted by atomic mass is 35.5. The van der Waals surface area contributed by atoms with Crippen LogP contribution in [0.1, 0.15) is 25.3 Å². The average Bonchev–Trinajstić information content (AvgIpc) is 2.89. The molecule has 1 aromatic carbocycles. The van der Waals surface area contributed by atoms with Crippen LogP contribution in [0, 0.1) is 5.92 Å². The minimum Gasteiger partial charge on any atom is -0.361 e. The first-order valence-electron chi connectivity index (χ1n) is 7.95. The first-order valence-corrected chi connectivity index (χ1v) is 8.32. The molecule has 2 aromatic rings. The second kappa shape index (κ2) is 6.82. The largest absolute Gasteiger partial charge is 0.361 e. The lowest BCUT2D eigenvalue weighted by atomic mass is 9.97. The maximum atomic E-state index is 6.05. The highest BCUT2D eigenvalue weighted by molar-refractivity contribution is 6.31. The molecule has 2 heterocycles. The van der Waals surface area contributed by atoms with Crippen molar-refractivity contribution in [2.24, 2.45) is 5.92 Å². The highest BCUT2D eigenvalue weighted by Crippen LogP contribution is 2.24. The molecule has 1 aliphatic rings. The van der Waals surface area contributed by atoms with Gasteiger partial charge in [0.25, 0.3) is 0 Å². The quantitative estimate of drug-likeness (QED) is 0.883. The van der Waals surface area contributed by atoms with E-state index in [4.69, 9.17) is 11.6 Å². The number of hydrogen-bond donors (Lipinski definition) is 2. The maximum absolute atomic E-state index is 6.05. The second-order valence-electron chi connectivity index (χ2n) is 6.02. The smallest absolute Gasteiger partial charge is 0.0472 e. The summed E-state index contributed by atoms with van der Waals surface area (Å²) in [5, 5.41) is 5.53. The zero-order valence-corrected chi connectivity index (χ0v) is 13.4. The monoisotopic (exact) mass is 305 g/mol. The number of aromatic nitrogens is 1. The Morgan fingerprint density at radius 1 is 1.29 bits per heavy atom. The Labute approximate surface area is 131 Å². The summed E-state index contributed by atoms with van der Waals surface area (Å²) in [6.45, 7) is 7.93. The lowest BCUT2D eigenvalue weighted by molar-refractivity contribution is 0.207. The Balaban J connectivity index is 1.69. The molecule has 4 heteroatoms. The van der Waals surface area contributed by atoms with Crippen LogP contribution in [0.3, 0.4) is 0 Å². The van der Waals surface area contributed by atoms with Crippen LogP contribution < -0.4 is 5.32 Å². The van der Waals surface area contributed by atoms with Crippen LogP contribution >= 0.6 is 11.6 Å². The predicted octanol–water partition coefficient (Wildman–Crippen LogP) is 3.64. The lowest BCUT2D eigenvalue weighted by Crippen LogP contribution is -2.35. The molecule has 2 N–H and O–H groups in total. The van der Waals surface area contributed by atoms with Gasteiger partial charge in [-0.2, -0.15) is 0 Å². The van der Waals surface area contributed by atoms with Gasteiger partial charge in [-0.3, -0.25) is 4.90 Å². The van der Waals surface area contributed by atoms with Gasteiger partial charge in [0.1, 0.15) is 0 Å². The van der Waals surface area contributed by atoms with E-state index in [1.54, 1.807) is 0 Å².